The van der Waals surface area contributed by atoms with Gasteiger partial charge in [-0.3, -0.25) is 14.4 Å². The van der Waals surface area contributed by atoms with Crippen molar-refractivity contribution in [3.8, 4) is 11.1 Å². The minimum Gasteiger partial charge on any atom is -0.481 e. The molecule has 1 heterocycles. The molecular formula is C27H24N2O4. The maximum atomic E-state index is 12.7. The van der Waals surface area contributed by atoms with E-state index in [2.05, 4.69) is 10.3 Å². The van der Waals surface area contributed by atoms with Crippen LogP contribution in [0.25, 0.3) is 22.0 Å². The highest BCUT2D eigenvalue weighted by Crippen LogP contribution is 2.26. The Balaban J connectivity index is 1.45. The predicted octanol–water partition coefficient (Wildman–Crippen LogP) is 5.77. The number of Topliss-reactive ketones (excluding diaryl/α,β-unsaturated/α-hetero) is 1. The van der Waals surface area contributed by atoms with E-state index in [1.54, 1.807) is 32.0 Å². The van der Waals surface area contributed by atoms with Crippen LogP contribution in [0.15, 0.2) is 79.0 Å². The number of H-pyrrole nitrogens is 1. The van der Waals surface area contributed by atoms with Crippen LogP contribution in [0.1, 0.15) is 41.0 Å². The van der Waals surface area contributed by atoms with Gasteiger partial charge in [-0.2, -0.15) is 0 Å². The SMILES string of the molecule is CC(C)(CC(=O)c1ccc(-c2ccc(NC(=O)c3cccc4[nH]ccc34)cc2)cc1)C(=O)O. The van der Waals surface area contributed by atoms with Gasteiger partial charge >= 0.3 is 5.97 Å². The van der Waals surface area contributed by atoms with Crippen molar-refractivity contribution in [3.63, 3.8) is 0 Å². The van der Waals surface area contributed by atoms with Gasteiger partial charge in [-0.1, -0.05) is 42.5 Å². The number of nitrogens with one attached hydrogen (secondary N) is 2. The standard InChI is InChI=1S/C27H24N2O4/c1-27(2,26(32)33)16-24(30)19-8-6-17(7-9-19)18-10-12-20(13-11-18)29-25(31)22-4-3-5-23-21(22)14-15-28-23/h3-15,28H,16H2,1-2H3,(H,29,31)(H,32,33). The maximum Gasteiger partial charge on any atom is 0.309 e. The zero-order chi connectivity index (χ0) is 23.6. The second-order valence-electron chi connectivity index (χ2n) is 8.64. The molecule has 0 radical (unpaired) electrons. The maximum absolute atomic E-state index is 12.7. The molecule has 0 aliphatic carbocycles. The smallest absolute Gasteiger partial charge is 0.309 e. The Morgan fingerprint density at radius 1 is 0.879 bits per heavy atom. The van der Waals surface area contributed by atoms with E-state index in [1.807, 2.05) is 60.8 Å². The third-order valence-electron chi connectivity index (χ3n) is 5.70. The van der Waals surface area contributed by atoms with Crippen LogP contribution in [0.5, 0.6) is 0 Å². The summed E-state index contributed by atoms with van der Waals surface area (Å²) in [6.45, 7) is 3.08. The molecule has 6 nitrogen and oxygen atoms in total. The molecule has 0 aliphatic rings. The van der Waals surface area contributed by atoms with Crippen molar-refractivity contribution in [2.75, 3.05) is 5.32 Å². The van der Waals surface area contributed by atoms with Crippen molar-refractivity contribution in [2.24, 2.45) is 5.41 Å². The number of aliphatic carboxylic acids is 1. The summed E-state index contributed by atoms with van der Waals surface area (Å²) in [5.41, 5.74) is 3.41. The highest BCUT2D eigenvalue weighted by Gasteiger charge is 2.30. The topological polar surface area (TPSA) is 99.3 Å². The number of hydrogen-bond acceptors (Lipinski definition) is 3. The fourth-order valence-electron chi connectivity index (χ4n) is 3.66. The van der Waals surface area contributed by atoms with E-state index < -0.39 is 11.4 Å². The molecule has 33 heavy (non-hydrogen) atoms. The largest absolute Gasteiger partial charge is 0.481 e. The third-order valence-corrected chi connectivity index (χ3v) is 5.70. The number of benzene rings is 3. The number of aromatic amines is 1. The monoisotopic (exact) mass is 440 g/mol. The van der Waals surface area contributed by atoms with E-state index in [4.69, 9.17) is 0 Å². The van der Waals surface area contributed by atoms with E-state index >= 15 is 0 Å². The van der Waals surface area contributed by atoms with Crippen LogP contribution in [0.4, 0.5) is 5.69 Å². The summed E-state index contributed by atoms with van der Waals surface area (Å²) in [6.07, 6.45) is 1.74. The van der Waals surface area contributed by atoms with Crippen LogP contribution in [-0.4, -0.2) is 27.8 Å². The summed E-state index contributed by atoms with van der Waals surface area (Å²) in [4.78, 5) is 39.5. The van der Waals surface area contributed by atoms with Gasteiger partial charge < -0.3 is 15.4 Å². The quantitative estimate of drug-likeness (QED) is 0.318. The van der Waals surface area contributed by atoms with Gasteiger partial charge in [-0.25, -0.2) is 0 Å². The predicted molar refractivity (Wildman–Crippen MR) is 128 cm³/mol. The van der Waals surface area contributed by atoms with Gasteiger partial charge in [0.05, 0.1) is 5.41 Å². The molecule has 0 spiro atoms. The molecule has 6 heteroatoms. The molecule has 4 aromatic rings. The molecule has 0 unspecified atom stereocenters. The second-order valence-corrected chi connectivity index (χ2v) is 8.64. The number of carbonyl (C=O) groups excluding carboxylic acids is 2. The van der Waals surface area contributed by atoms with Crippen molar-refractivity contribution in [1.82, 2.24) is 4.98 Å². The Kier molecular flexibility index (Phi) is 5.84. The number of hydrogen-bond donors (Lipinski definition) is 3. The number of amides is 1. The molecule has 0 saturated carbocycles. The molecule has 0 aliphatic heterocycles. The molecule has 4 rings (SSSR count). The van der Waals surface area contributed by atoms with Gasteiger partial charge in [0.15, 0.2) is 5.78 Å². The van der Waals surface area contributed by atoms with E-state index in [1.165, 1.54) is 0 Å². The van der Waals surface area contributed by atoms with Crippen molar-refractivity contribution < 1.29 is 19.5 Å². The molecule has 1 aromatic heterocycles. The highest BCUT2D eigenvalue weighted by atomic mass is 16.4. The first kappa shape index (κ1) is 22.0. The number of aromatic nitrogens is 1. The van der Waals surface area contributed by atoms with Crippen molar-refractivity contribution in [1.29, 1.82) is 0 Å². The molecule has 0 saturated heterocycles. The van der Waals surface area contributed by atoms with Crippen LogP contribution < -0.4 is 5.32 Å². The highest BCUT2D eigenvalue weighted by molar-refractivity contribution is 6.12. The molecule has 3 N–H and O–H groups in total. The van der Waals surface area contributed by atoms with Crippen molar-refractivity contribution >= 4 is 34.3 Å². The lowest BCUT2D eigenvalue weighted by Gasteiger charge is -2.17. The van der Waals surface area contributed by atoms with Gasteiger partial charge in [0, 0.05) is 40.3 Å². The summed E-state index contributed by atoms with van der Waals surface area (Å²) in [5.74, 6) is -1.38. The molecule has 3 aromatic carbocycles. The van der Waals surface area contributed by atoms with E-state index in [0.717, 1.165) is 22.0 Å². The Morgan fingerprint density at radius 3 is 2.15 bits per heavy atom. The molecule has 166 valence electrons. The van der Waals surface area contributed by atoms with Crippen molar-refractivity contribution in [3.05, 3.63) is 90.1 Å². The first-order valence-corrected chi connectivity index (χ1v) is 10.6. The fraction of sp³-hybridized carbons (Fsp3) is 0.148. The van der Waals surface area contributed by atoms with Gasteiger partial charge in [-0.05, 0) is 55.3 Å². The first-order chi connectivity index (χ1) is 15.7. The number of carbonyl (C=O) groups is 3. The van der Waals surface area contributed by atoms with E-state index in [0.29, 0.717) is 16.8 Å². The zero-order valence-corrected chi connectivity index (χ0v) is 18.4. The molecule has 0 fully saturated rings. The van der Waals surface area contributed by atoms with Crippen LogP contribution in [-0.2, 0) is 4.79 Å². The minimum absolute atomic E-state index is 0.0629. The Morgan fingerprint density at radius 2 is 1.52 bits per heavy atom. The van der Waals surface area contributed by atoms with Crippen molar-refractivity contribution in [2.45, 2.75) is 20.3 Å². The zero-order valence-electron chi connectivity index (χ0n) is 18.4. The van der Waals surface area contributed by atoms with Gasteiger partial charge in [0.1, 0.15) is 0 Å². The number of fused-ring (bicyclic) bond motifs is 1. The second kappa shape index (κ2) is 8.74. The Labute approximate surface area is 191 Å². The lowest BCUT2D eigenvalue weighted by molar-refractivity contribution is -0.146. The molecule has 1 amide bonds. The molecular weight excluding hydrogens is 416 g/mol. The number of ketones is 1. The average molecular weight is 440 g/mol. The third kappa shape index (κ3) is 4.70. The minimum atomic E-state index is -1.11. The lowest BCUT2D eigenvalue weighted by atomic mass is 9.85. The average Bonchev–Trinajstić information content (AvgIpc) is 3.28. The Hall–Kier alpha value is -4.19. The summed E-state index contributed by atoms with van der Waals surface area (Å²) in [6, 6.07) is 22.0. The van der Waals surface area contributed by atoms with Gasteiger partial charge in [0.2, 0.25) is 0 Å². The van der Waals surface area contributed by atoms with Crippen LogP contribution in [0, 0.1) is 5.41 Å². The van der Waals surface area contributed by atoms with Crippen LogP contribution in [0.3, 0.4) is 0 Å². The number of carboxylic acids is 1. The van der Waals surface area contributed by atoms with Gasteiger partial charge in [0.25, 0.3) is 5.91 Å². The van der Waals surface area contributed by atoms with Crippen LogP contribution >= 0.6 is 0 Å². The fourth-order valence-corrected chi connectivity index (χ4v) is 3.66. The summed E-state index contributed by atoms with van der Waals surface area (Å²) in [5, 5.41) is 13.0. The van der Waals surface area contributed by atoms with Crippen LogP contribution in [0.2, 0.25) is 0 Å². The summed E-state index contributed by atoms with van der Waals surface area (Å²) >= 11 is 0. The number of rotatable bonds is 7. The van der Waals surface area contributed by atoms with Gasteiger partial charge in [-0.15, -0.1) is 0 Å². The number of anilines is 1. The summed E-state index contributed by atoms with van der Waals surface area (Å²) < 4.78 is 0. The Bertz CT molecular complexity index is 1330. The molecule has 0 atom stereocenters. The first-order valence-electron chi connectivity index (χ1n) is 10.6. The van der Waals surface area contributed by atoms with E-state index in [-0.39, 0.29) is 18.1 Å². The summed E-state index contributed by atoms with van der Waals surface area (Å²) in [7, 11) is 0. The normalized spacial score (nSPS) is 11.3. The van der Waals surface area contributed by atoms with E-state index in [9.17, 15) is 19.5 Å². The lowest BCUT2D eigenvalue weighted by Crippen LogP contribution is -2.26. The molecule has 0 bridgehead atoms. The number of carboxylic acid groups (broad SMARTS) is 1.